The van der Waals surface area contributed by atoms with Crippen LogP contribution in [0, 0.1) is 5.92 Å². The highest BCUT2D eigenvalue weighted by atomic mass is 16.5. The molecule has 0 aliphatic carbocycles. The maximum Gasteiger partial charge on any atom is 0.314 e. The van der Waals surface area contributed by atoms with E-state index in [1.165, 1.54) is 18.3 Å². The molecule has 1 aliphatic heterocycles. The molecule has 2 heterocycles. The van der Waals surface area contributed by atoms with Crippen molar-refractivity contribution < 1.29 is 23.8 Å². The fraction of sp³-hybridized carbons (Fsp3) is 0.294. The number of carbonyl (C=O) groups is 2. The van der Waals surface area contributed by atoms with Crippen LogP contribution in [-0.2, 0) is 20.9 Å². The molecule has 120 valence electrons. The summed E-state index contributed by atoms with van der Waals surface area (Å²) in [5.41, 5.74) is 0.898. The van der Waals surface area contributed by atoms with Crippen molar-refractivity contribution in [2.24, 2.45) is 5.92 Å². The number of aliphatic hydroxyl groups excluding tert-OH is 1. The molecule has 1 N–H and O–H groups in total. The minimum Gasteiger partial charge on any atom is -0.469 e. The third-order valence-electron chi connectivity index (χ3n) is 4.06. The second-order valence-electron chi connectivity index (χ2n) is 5.41. The molecule has 1 amide bonds. The summed E-state index contributed by atoms with van der Waals surface area (Å²) in [6.07, 6.45) is 0.0285. The largest absolute Gasteiger partial charge is 0.469 e. The fourth-order valence-electron chi connectivity index (χ4n) is 2.97. The van der Waals surface area contributed by atoms with E-state index in [1.807, 2.05) is 30.3 Å². The Bertz CT molecular complexity index is 682. The number of hydrogen-bond donors (Lipinski definition) is 1. The SMILES string of the molecule is COC(=O)[C@@H]1[C@H](O)C(=O)N(Cc2ccccc2)[C@@H]1c1ccco1. The summed E-state index contributed by atoms with van der Waals surface area (Å²) in [7, 11) is 1.23. The summed E-state index contributed by atoms with van der Waals surface area (Å²) in [4.78, 5) is 26.0. The van der Waals surface area contributed by atoms with E-state index in [0.717, 1.165) is 5.56 Å². The summed E-state index contributed by atoms with van der Waals surface area (Å²) in [6.45, 7) is 0.273. The highest BCUT2D eigenvalue weighted by Crippen LogP contribution is 2.40. The van der Waals surface area contributed by atoms with Crippen LogP contribution in [0.3, 0.4) is 0 Å². The summed E-state index contributed by atoms with van der Waals surface area (Å²) in [5.74, 6) is -1.71. The van der Waals surface area contributed by atoms with Crippen LogP contribution in [-0.4, -0.2) is 35.1 Å². The van der Waals surface area contributed by atoms with E-state index in [4.69, 9.17) is 9.15 Å². The molecule has 1 aliphatic rings. The Morgan fingerprint density at radius 3 is 2.61 bits per heavy atom. The Labute approximate surface area is 133 Å². The number of nitrogens with zero attached hydrogens (tertiary/aromatic N) is 1. The Morgan fingerprint density at radius 1 is 1.26 bits per heavy atom. The maximum atomic E-state index is 12.5. The number of carbonyl (C=O) groups excluding carboxylic acids is 2. The molecule has 2 aromatic rings. The molecule has 0 saturated carbocycles. The van der Waals surface area contributed by atoms with Gasteiger partial charge in [-0.3, -0.25) is 9.59 Å². The highest BCUT2D eigenvalue weighted by Gasteiger charge is 2.53. The number of esters is 1. The van der Waals surface area contributed by atoms with Crippen LogP contribution in [0.4, 0.5) is 0 Å². The van der Waals surface area contributed by atoms with Crippen molar-refractivity contribution in [3.8, 4) is 0 Å². The first-order valence-electron chi connectivity index (χ1n) is 7.27. The van der Waals surface area contributed by atoms with E-state index in [2.05, 4.69) is 0 Å². The number of benzene rings is 1. The number of aliphatic hydroxyl groups is 1. The van der Waals surface area contributed by atoms with Gasteiger partial charge in [0.1, 0.15) is 23.8 Å². The monoisotopic (exact) mass is 315 g/mol. The first-order chi connectivity index (χ1) is 11.1. The van der Waals surface area contributed by atoms with Gasteiger partial charge in [0.25, 0.3) is 5.91 Å². The van der Waals surface area contributed by atoms with Gasteiger partial charge in [-0.2, -0.15) is 0 Å². The van der Waals surface area contributed by atoms with E-state index in [1.54, 1.807) is 12.1 Å². The molecule has 6 heteroatoms. The highest BCUT2D eigenvalue weighted by molar-refractivity contribution is 5.91. The Balaban J connectivity index is 1.98. The number of furan rings is 1. The molecule has 6 nitrogen and oxygen atoms in total. The van der Waals surface area contributed by atoms with E-state index < -0.39 is 29.9 Å². The number of ether oxygens (including phenoxy) is 1. The van der Waals surface area contributed by atoms with E-state index in [0.29, 0.717) is 5.76 Å². The third-order valence-corrected chi connectivity index (χ3v) is 4.06. The Hall–Kier alpha value is -2.60. The van der Waals surface area contributed by atoms with Gasteiger partial charge in [-0.1, -0.05) is 30.3 Å². The van der Waals surface area contributed by atoms with Crippen molar-refractivity contribution in [3.63, 3.8) is 0 Å². The summed E-state index contributed by atoms with van der Waals surface area (Å²) < 4.78 is 10.2. The molecule has 1 fully saturated rings. The normalized spacial score (nSPS) is 24.0. The van der Waals surface area contributed by atoms with Gasteiger partial charge in [0, 0.05) is 6.54 Å². The zero-order valence-electron chi connectivity index (χ0n) is 12.6. The number of methoxy groups -OCH3 is 1. The molecular weight excluding hydrogens is 298 g/mol. The van der Waals surface area contributed by atoms with Gasteiger partial charge >= 0.3 is 5.97 Å². The van der Waals surface area contributed by atoms with Gasteiger partial charge in [0.15, 0.2) is 0 Å². The van der Waals surface area contributed by atoms with Gasteiger partial charge in [0.05, 0.1) is 13.4 Å². The Kier molecular flexibility index (Phi) is 4.16. The predicted molar refractivity (Wildman–Crippen MR) is 80.0 cm³/mol. The lowest BCUT2D eigenvalue weighted by Gasteiger charge is -2.25. The van der Waals surface area contributed by atoms with Crippen LogP contribution < -0.4 is 0 Å². The fourth-order valence-corrected chi connectivity index (χ4v) is 2.97. The number of hydrogen-bond acceptors (Lipinski definition) is 5. The van der Waals surface area contributed by atoms with Crippen molar-refractivity contribution in [2.75, 3.05) is 7.11 Å². The quantitative estimate of drug-likeness (QED) is 0.865. The first kappa shape index (κ1) is 15.3. The zero-order chi connectivity index (χ0) is 16.4. The van der Waals surface area contributed by atoms with Crippen LogP contribution in [0.25, 0.3) is 0 Å². The molecule has 23 heavy (non-hydrogen) atoms. The molecule has 0 unspecified atom stereocenters. The number of amides is 1. The standard InChI is InChI=1S/C17H17NO5/c1-22-17(21)13-14(12-8-5-9-23-12)18(16(20)15(13)19)10-11-6-3-2-4-7-11/h2-9,13-15,19H,10H2,1H3/t13-,14+,15-/m0/s1. The maximum absolute atomic E-state index is 12.5. The van der Waals surface area contributed by atoms with E-state index >= 15 is 0 Å². The molecule has 3 atom stereocenters. The average molecular weight is 315 g/mol. The van der Waals surface area contributed by atoms with Gasteiger partial charge in [0.2, 0.25) is 0 Å². The minimum atomic E-state index is -1.44. The molecule has 1 aromatic carbocycles. The van der Waals surface area contributed by atoms with Gasteiger partial charge in [-0.15, -0.1) is 0 Å². The molecule has 1 saturated heterocycles. The van der Waals surface area contributed by atoms with Crippen molar-refractivity contribution in [1.29, 1.82) is 0 Å². The predicted octanol–water partition coefficient (Wildman–Crippen LogP) is 1.51. The van der Waals surface area contributed by atoms with Crippen LogP contribution in [0.15, 0.2) is 53.1 Å². The lowest BCUT2D eigenvalue weighted by molar-refractivity contribution is -0.150. The van der Waals surface area contributed by atoms with Crippen LogP contribution >= 0.6 is 0 Å². The smallest absolute Gasteiger partial charge is 0.314 e. The second kappa shape index (κ2) is 6.26. The van der Waals surface area contributed by atoms with Crippen LogP contribution in [0.1, 0.15) is 17.4 Å². The minimum absolute atomic E-state index is 0.273. The average Bonchev–Trinajstić information content (AvgIpc) is 3.18. The summed E-state index contributed by atoms with van der Waals surface area (Å²) in [6, 6.07) is 12.0. The van der Waals surface area contributed by atoms with Crippen LogP contribution in [0.2, 0.25) is 0 Å². The molecular formula is C17H17NO5. The van der Waals surface area contributed by atoms with Crippen molar-refractivity contribution in [3.05, 3.63) is 60.1 Å². The molecule has 3 rings (SSSR count). The van der Waals surface area contributed by atoms with Gasteiger partial charge in [-0.05, 0) is 17.7 Å². The Morgan fingerprint density at radius 2 is 2.00 bits per heavy atom. The molecule has 1 aromatic heterocycles. The van der Waals surface area contributed by atoms with Gasteiger partial charge < -0.3 is 19.2 Å². The topological polar surface area (TPSA) is 80.0 Å². The summed E-state index contributed by atoms with van der Waals surface area (Å²) in [5, 5.41) is 10.2. The number of likely N-dealkylation sites (tertiary alicyclic amines) is 1. The lowest BCUT2D eigenvalue weighted by Crippen LogP contribution is -2.30. The molecule has 0 spiro atoms. The molecule has 0 bridgehead atoms. The molecule has 0 radical (unpaired) electrons. The summed E-state index contributed by atoms with van der Waals surface area (Å²) >= 11 is 0. The van der Waals surface area contributed by atoms with Crippen molar-refractivity contribution in [1.82, 2.24) is 4.90 Å². The van der Waals surface area contributed by atoms with Crippen LogP contribution in [0.5, 0.6) is 0 Å². The third kappa shape index (κ3) is 2.73. The lowest BCUT2D eigenvalue weighted by atomic mass is 9.96. The second-order valence-corrected chi connectivity index (χ2v) is 5.41. The number of rotatable bonds is 4. The van der Waals surface area contributed by atoms with E-state index in [9.17, 15) is 14.7 Å². The van der Waals surface area contributed by atoms with E-state index in [-0.39, 0.29) is 6.54 Å². The van der Waals surface area contributed by atoms with Crippen molar-refractivity contribution in [2.45, 2.75) is 18.7 Å². The zero-order valence-corrected chi connectivity index (χ0v) is 12.6. The van der Waals surface area contributed by atoms with Gasteiger partial charge in [-0.25, -0.2) is 0 Å². The van der Waals surface area contributed by atoms with Crippen molar-refractivity contribution >= 4 is 11.9 Å². The first-order valence-corrected chi connectivity index (χ1v) is 7.27.